The molecule has 12 nitrogen and oxygen atoms in total. The number of ketones is 1. The number of likely N-dealkylation sites (tertiary alicyclic amines) is 1. The molecule has 2 N–H and O–H groups in total. The van der Waals surface area contributed by atoms with Crippen molar-refractivity contribution in [2.45, 2.75) is 32.1 Å². The molecular formula is C29H25ClFN9O3. The van der Waals surface area contributed by atoms with E-state index in [1.54, 1.807) is 53.5 Å². The predicted octanol–water partition coefficient (Wildman–Crippen LogP) is 4.19. The molecule has 0 radical (unpaired) electrons. The van der Waals surface area contributed by atoms with Crippen LogP contribution in [0, 0.1) is 0 Å². The van der Waals surface area contributed by atoms with Crippen LogP contribution in [0.3, 0.4) is 0 Å². The Labute approximate surface area is 249 Å². The van der Waals surface area contributed by atoms with Gasteiger partial charge in [-0.1, -0.05) is 17.7 Å². The zero-order valence-electron chi connectivity index (χ0n) is 22.8. The van der Waals surface area contributed by atoms with Crippen molar-refractivity contribution in [3.8, 4) is 5.69 Å². The van der Waals surface area contributed by atoms with E-state index in [1.165, 1.54) is 35.5 Å². The fourth-order valence-corrected chi connectivity index (χ4v) is 5.51. The van der Waals surface area contributed by atoms with E-state index in [2.05, 4.69) is 30.7 Å². The molecule has 218 valence electrons. The number of alkyl halides is 1. The normalized spacial score (nSPS) is 16.4. The maximum Gasteiger partial charge on any atom is 0.247 e. The number of nitrogens with zero attached hydrogens (tertiary/aromatic N) is 7. The third-order valence-electron chi connectivity index (χ3n) is 7.18. The number of nitrogens with one attached hydrogen (secondary N) is 2. The van der Waals surface area contributed by atoms with Crippen molar-refractivity contribution in [1.29, 1.82) is 0 Å². The van der Waals surface area contributed by atoms with Crippen LogP contribution in [0.25, 0.3) is 16.6 Å². The second kappa shape index (κ2) is 11.6. The Morgan fingerprint density at radius 2 is 1.88 bits per heavy atom. The molecule has 1 aliphatic rings. The number of rotatable bonds is 8. The van der Waals surface area contributed by atoms with Crippen molar-refractivity contribution in [1.82, 2.24) is 34.2 Å². The standard InChI is InChI=1S/C29H25ClFN9O3/c1-17(41)22-12-38(25-6-5-19(8-21(22)25)36-20-9-32-14-33-10-20)13-27(42)39-11-18(31)7-26(39)29(43)37-24-4-2-3-23(30)28(24)40-16-34-15-35-40/h2-6,8-10,12,14-16,18,26,36H,7,11,13H2,1H3,(H,37,43)/t18-,26+/m1/s1. The van der Waals surface area contributed by atoms with Gasteiger partial charge in [-0.15, -0.1) is 0 Å². The molecule has 4 heterocycles. The molecule has 0 spiro atoms. The van der Waals surface area contributed by atoms with Gasteiger partial charge < -0.3 is 20.1 Å². The summed E-state index contributed by atoms with van der Waals surface area (Å²) in [5.41, 5.74) is 3.18. The number of para-hydroxylation sites is 1. The first kappa shape index (κ1) is 28.0. The van der Waals surface area contributed by atoms with Crippen molar-refractivity contribution in [2.75, 3.05) is 17.2 Å². The number of anilines is 3. The van der Waals surface area contributed by atoms with Crippen LogP contribution in [0.4, 0.5) is 21.5 Å². The van der Waals surface area contributed by atoms with Crippen LogP contribution < -0.4 is 10.6 Å². The number of hydrogen-bond acceptors (Lipinski definition) is 8. The van der Waals surface area contributed by atoms with Gasteiger partial charge in [0.25, 0.3) is 0 Å². The van der Waals surface area contributed by atoms with E-state index in [9.17, 15) is 18.8 Å². The van der Waals surface area contributed by atoms with Gasteiger partial charge >= 0.3 is 0 Å². The Morgan fingerprint density at radius 1 is 1.07 bits per heavy atom. The SMILES string of the molecule is CC(=O)c1cn(CC(=O)N2C[C@H](F)C[C@H]2C(=O)Nc2cccc(Cl)c2-n2cncn2)c2ccc(Nc3cncnc3)cc12. The molecule has 1 aliphatic heterocycles. The highest BCUT2D eigenvalue weighted by molar-refractivity contribution is 6.33. The highest BCUT2D eigenvalue weighted by Crippen LogP contribution is 2.31. The molecule has 0 bridgehead atoms. The third kappa shape index (κ3) is 5.66. The number of hydrogen-bond donors (Lipinski definition) is 2. The van der Waals surface area contributed by atoms with Crippen LogP contribution in [0.5, 0.6) is 0 Å². The lowest BCUT2D eigenvalue weighted by Gasteiger charge is -2.24. The number of aromatic nitrogens is 6. The number of Topliss-reactive ketones (excluding diaryl/α,β-unsaturated/α-hetero) is 1. The summed E-state index contributed by atoms with van der Waals surface area (Å²) in [5, 5.41) is 11.0. The average molecular weight is 602 g/mol. The van der Waals surface area contributed by atoms with Crippen LogP contribution in [0.15, 0.2) is 74.0 Å². The second-order valence-electron chi connectivity index (χ2n) is 10.1. The summed E-state index contributed by atoms with van der Waals surface area (Å²) in [6, 6.07) is 9.29. The van der Waals surface area contributed by atoms with Crippen molar-refractivity contribution >= 4 is 57.2 Å². The zero-order chi connectivity index (χ0) is 30.1. The van der Waals surface area contributed by atoms with Gasteiger partial charge in [0, 0.05) is 34.8 Å². The predicted molar refractivity (Wildman–Crippen MR) is 157 cm³/mol. The minimum atomic E-state index is -1.38. The second-order valence-corrected chi connectivity index (χ2v) is 10.5. The molecular weight excluding hydrogens is 577 g/mol. The maximum atomic E-state index is 14.7. The lowest BCUT2D eigenvalue weighted by Crippen LogP contribution is -2.44. The van der Waals surface area contributed by atoms with Gasteiger partial charge in [0.05, 0.1) is 35.3 Å². The highest BCUT2D eigenvalue weighted by atomic mass is 35.5. The van der Waals surface area contributed by atoms with Crippen molar-refractivity contribution < 1.29 is 18.8 Å². The van der Waals surface area contributed by atoms with Crippen LogP contribution in [0.1, 0.15) is 23.7 Å². The minimum Gasteiger partial charge on any atom is -0.353 e. The number of amides is 2. The van der Waals surface area contributed by atoms with Gasteiger partial charge in [-0.3, -0.25) is 14.4 Å². The van der Waals surface area contributed by atoms with Crippen LogP contribution in [-0.4, -0.2) is 70.6 Å². The lowest BCUT2D eigenvalue weighted by atomic mass is 10.1. The highest BCUT2D eigenvalue weighted by Gasteiger charge is 2.40. The molecule has 43 heavy (non-hydrogen) atoms. The first-order chi connectivity index (χ1) is 20.8. The fraction of sp³-hybridized carbons (Fsp3) is 0.207. The first-order valence-corrected chi connectivity index (χ1v) is 13.7. The molecule has 0 saturated carbocycles. The Morgan fingerprint density at radius 3 is 2.63 bits per heavy atom. The van der Waals surface area contributed by atoms with E-state index >= 15 is 0 Å². The Kier molecular flexibility index (Phi) is 7.55. The van der Waals surface area contributed by atoms with E-state index in [1.807, 2.05) is 6.07 Å². The summed E-state index contributed by atoms with van der Waals surface area (Å²) < 4.78 is 17.7. The molecule has 14 heteroatoms. The number of carbonyl (C=O) groups is 3. The summed E-state index contributed by atoms with van der Waals surface area (Å²) in [6.07, 6.45) is 7.51. The van der Waals surface area contributed by atoms with Gasteiger partial charge in [0.1, 0.15) is 43.4 Å². The topological polar surface area (TPSA) is 140 Å². The molecule has 5 aromatic rings. The minimum absolute atomic E-state index is 0.153. The first-order valence-electron chi connectivity index (χ1n) is 13.3. The fourth-order valence-electron chi connectivity index (χ4n) is 5.25. The molecule has 1 saturated heterocycles. The van der Waals surface area contributed by atoms with Crippen LogP contribution in [-0.2, 0) is 16.1 Å². The molecule has 2 amide bonds. The number of fused-ring (bicyclic) bond motifs is 1. The van der Waals surface area contributed by atoms with Gasteiger partial charge in [-0.2, -0.15) is 5.10 Å². The summed E-state index contributed by atoms with van der Waals surface area (Å²) in [7, 11) is 0. The van der Waals surface area contributed by atoms with Gasteiger partial charge in [0.15, 0.2) is 5.78 Å². The third-order valence-corrected chi connectivity index (χ3v) is 7.49. The number of halogens is 2. The Bertz CT molecular complexity index is 1830. The van der Waals surface area contributed by atoms with Gasteiger partial charge in [-0.05, 0) is 37.3 Å². The molecule has 0 unspecified atom stereocenters. The van der Waals surface area contributed by atoms with Gasteiger partial charge in [-0.25, -0.2) is 24.0 Å². The molecule has 6 rings (SSSR count). The smallest absolute Gasteiger partial charge is 0.247 e. The van der Waals surface area contributed by atoms with Crippen molar-refractivity contribution in [2.24, 2.45) is 0 Å². The quantitative estimate of drug-likeness (QED) is 0.252. The van der Waals surface area contributed by atoms with E-state index in [0.29, 0.717) is 44.2 Å². The molecule has 0 aliphatic carbocycles. The zero-order valence-corrected chi connectivity index (χ0v) is 23.6. The summed E-state index contributed by atoms with van der Waals surface area (Å²) in [6.45, 7) is 1.03. The Balaban J connectivity index is 1.24. The molecule has 1 fully saturated rings. The van der Waals surface area contributed by atoms with Crippen molar-refractivity contribution in [3.05, 3.63) is 84.6 Å². The largest absolute Gasteiger partial charge is 0.353 e. The number of benzene rings is 2. The van der Waals surface area contributed by atoms with E-state index < -0.39 is 24.0 Å². The van der Waals surface area contributed by atoms with E-state index in [-0.39, 0.29) is 25.3 Å². The summed E-state index contributed by atoms with van der Waals surface area (Å²) in [4.78, 5) is 52.6. The maximum absolute atomic E-state index is 14.7. The Hall–Kier alpha value is -5.17. The van der Waals surface area contributed by atoms with Crippen molar-refractivity contribution in [3.63, 3.8) is 0 Å². The van der Waals surface area contributed by atoms with E-state index in [4.69, 9.17) is 11.6 Å². The summed E-state index contributed by atoms with van der Waals surface area (Å²) >= 11 is 6.38. The van der Waals surface area contributed by atoms with Gasteiger partial charge in [0.2, 0.25) is 11.8 Å². The lowest BCUT2D eigenvalue weighted by molar-refractivity contribution is -0.137. The monoisotopic (exact) mass is 601 g/mol. The van der Waals surface area contributed by atoms with Crippen LogP contribution >= 0.6 is 11.6 Å². The molecule has 2 atom stereocenters. The van der Waals surface area contributed by atoms with E-state index in [0.717, 1.165) is 0 Å². The molecule has 2 aromatic carbocycles. The molecule has 3 aromatic heterocycles. The van der Waals surface area contributed by atoms with Crippen LogP contribution in [0.2, 0.25) is 5.02 Å². The average Bonchev–Trinajstić information content (AvgIpc) is 3.73. The number of carbonyl (C=O) groups excluding carboxylic acids is 3. The summed E-state index contributed by atoms with van der Waals surface area (Å²) in [5.74, 6) is -1.19.